The summed E-state index contributed by atoms with van der Waals surface area (Å²) < 4.78 is 11.6. The minimum Gasteiger partial charge on any atom is -0.490 e. The predicted molar refractivity (Wildman–Crippen MR) is 114 cm³/mol. The number of nitrogens with one attached hydrogen (secondary N) is 1. The summed E-state index contributed by atoms with van der Waals surface area (Å²) in [5.74, 6) is 1.24. The highest BCUT2D eigenvalue weighted by molar-refractivity contribution is 5.95. The molecular formula is C20H27Cl2N3O3. The zero-order valence-electron chi connectivity index (χ0n) is 16.1. The van der Waals surface area contributed by atoms with Crippen LogP contribution in [0.25, 0.3) is 0 Å². The summed E-state index contributed by atoms with van der Waals surface area (Å²) in [5, 5.41) is 3.30. The van der Waals surface area contributed by atoms with Crippen molar-refractivity contribution >= 4 is 30.7 Å². The van der Waals surface area contributed by atoms with Crippen molar-refractivity contribution in [2.75, 3.05) is 26.2 Å². The van der Waals surface area contributed by atoms with E-state index in [1.54, 1.807) is 24.5 Å². The fourth-order valence-electron chi connectivity index (χ4n) is 2.98. The van der Waals surface area contributed by atoms with Gasteiger partial charge in [0.15, 0.2) is 11.5 Å². The molecule has 1 aliphatic heterocycles. The summed E-state index contributed by atoms with van der Waals surface area (Å²) in [6.45, 7) is 7.22. The number of hydrogen-bond acceptors (Lipinski definition) is 5. The topological polar surface area (TPSA) is 63.7 Å². The summed E-state index contributed by atoms with van der Waals surface area (Å²) in [5.41, 5.74) is 1.60. The van der Waals surface area contributed by atoms with E-state index in [9.17, 15) is 4.79 Å². The average Bonchev–Trinajstić information content (AvgIpc) is 2.68. The Balaban J connectivity index is 0.00000196. The van der Waals surface area contributed by atoms with Crippen molar-refractivity contribution in [2.45, 2.75) is 26.5 Å². The number of benzene rings is 1. The van der Waals surface area contributed by atoms with E-state index in [0.717, 1.165) is 18.7 Å². The van der Waals surface area contributed by atoms with Crippen molar-refractivity contribution in [2.24, 2.45) is 0 Å². The zero-order valence-corrected chi connectivity index (χ0v) is 17.7. The lowest BCUT2D eigenvalue weighted by molar-refractivity contribution is 0.0655. The van der Waals surface area contributed by atoms with Crippen LogP contribution in [0.2, 0.25) is 0 Å². The van der Waals surface area contributed by atoms with E-state index in [1.807, 2.05) is 30.0 Å². The number of halogens is 2. The van der Waals surface area contributed by atoms with Crippen LogP contribution in [-0.2, 0) is 6.61 Å². The third-order valence-corrected chi connectivity index (χ3v) is 4.37. The van der Waals surface area contributed by atoms with Gasteiger partial charge in [0, 0.05) is 49.2 Å². The normalized spacial score (nSPS) is 15.8. The molecule has 6 nitrogen and oxygen atoms in total. The molecule has 1 aromatic heterocycles. The van der Waals surface area contributed by atoms with Crippen molar-refractivity contribution < 1.29 is 14.3 Å². The van der Waals surface area contributed by atoms with Crippen molar-refractivity contribution in [3.05, 3.63) is 53.9 Å². The molecule has 1 amide bonds. The first-order valence-corrected chi connectivity index (χ1v) is 8.99. The van der Waals surface area contributed by atoms with Crippen LogP contribution in [0.1, 0.15) is 29.8 Å². The SMILES string of the molecule is CCOc1cc(C(=O)N2CCNC[C@H]2C)ccc1OCc1cccnc1.Cl.Cl. The second-order valence-corrected chi connectivity index (χ2v) is 6.30. The monoisotopic (exact) mass is 427 g/mol. The highest BCUT2D eigenvalue weighted by atomic mass is 35.5. The molecule has 2 heterocycles. The summed E-state index contributed by atoms with van der Waals surface area (Å²) in [4.78, 5) is 18.8. The number of carbonyl (C=O) groups is 1. The van der Waals surface area contributed by atoms with Gasteiger partial charge in [-0.3, -0.25) is 9.78 Å². The largest absolute Gasteiger partial charge is 0.490 e. The van der Waals surface area contributed by atoms with E-state index in [1.165, 1.54) is 0 Å². The van der Waals surface area contributed by atoms with Gasteiger partial charge in [-0.2, -0.15) is 0 Å². The molecule has 154 valence electrons. The highest BCUT2D eigenvalue weighted by Gasteiger charge is 2.24. The van der Waals surface area contributed by atoms with Gasteiger partial charge in [-0.15, -0.1) is 24.8 Å². The van der Waals surface area contributed by atoms with Gasteiger partial charge in [0.2, 0.25) is 0 Å². The first kappa shape index (κ1) is 24.0. The number of nitrogens with zero attached hydrogens (tertiary/aromatic N) is 2. The van der Waals surface area contributed by atoms with Crippen LogP contribution in [0.5, 0.6) is 11.5 Å². The fraction of sp³-hybridized carbons (Fsp3) is 0.400. The van der Waals surface area contributed by atoms with E-state index in [4.69, 9.17) is 9.47 Å². The summed E-state index contributed by atoms with van der Waals surface area (Å²) in [6, 6.07) is 9.39. The predicted octanol–water partition coefficient (Wildman–Crippen LogP) is 3.34. The quantitative estimate of drug-likeness (QED) is 0.765. The van der Waals surface area contributed by atoms with Gasteiger partial charge in [0.25, 0.3) is 5.91 Å². The van der Waals surface area contributed by atoms with Crippen LogP contribution >= 0.6 is 24.8 Å². The maximum absolute atomic E-state index is 12.9. The lowest BCUT2D eigenvalue weighted by atomic mass is 10.1. The molecule has 1 aromatic carbocycles. The second kappa shape index (κ2) is 11.7. The standard InChI is InChI=1S/C20H25N3O3.2ClH/c1-3-25-19-11-17(20(24)23-10-9-22-12-15(23)2)6-7-18(19)26-14-16-5-4-8-21-13-16;;/h4-8,11,13,15,22H,3,9-10,12,14H2,1-2H3;2*1H/t15-;;/m1../s1. The van der Waals surface area contributed by atoms with E-state index in [-0.39, 0.29) is 36.8 Å². The molecule has 0 saturated carbocycles. The summed E-state index contributed by atoms with van der Waals surface area (Å²) in [7, 11) is 0. The molecule has 0 bridgehead atoms. The van der Waals surface area contributed by atoms with Crippen LogP contribution in [0.3, 0.4) is 0 Å². The zero-order chi connectivity index (χ0) is 18.4. The van der Waals surface area contributed by atoms with Gasteiger partial charge < -0.3 is 19.7 Å². The molecule has 1 saturated heterocycles. The third kappa shape index (κ3) is 5.99. The molecule has 3 rings (SSSR count). The lowest BCUT2D eigenvalue weighted by Crippen LogP contribution is -2.52. The fourth-order valence-corrected chi connectivity index (χ4v) is 2.98. The average molecular weight is 428 g/mol. The number of rotatable bonds is 6. The Morgan fingerprint density at radius 1 is 1.25 bits per heavy atom. The number of pyridine rings is 1. The number of aromatic nitrogens is 1. The van der Waals surface area contributed by atoms with E-state index < -0.39 is 0 Å². The van der Waals surface area contributed by atoms with Gasteiger partial charge in [-0.25, -0.2) is 0 Å². The lowest BCUT2D eigenvalue weighted by Gasteiger charge is -2.34. The van der Waals surface area contributed by atoms with Gasteiger partial charge >= 0.3 is 0 Å². The molecule has 1 N–H and O–H groups in total. The molecule has 0 radical (unpaired) electrons. The van der Waals surface area contributed by atoms with Gasteiger partial charge in [-0.1, -0.05) is 6.07 Å². The van der Waals surface area contributed by atoms with E-state index in [2.05, 4.69) is 17.2 Å². The Labute approximate surface area is 178 Å². The maximum Gasteiger partial charge on any atom is 0.254 e. The molecule has 0 unspecified atom stereocenters. The smallest absolute Gasteiger partial charge is 0.254 e. The van der Waals surface area contributed by atoms with Gasteiger partial charge in [-0.05, 0) is 38.1 Å². The first-order chi connectivity index (χ1) is 12.7. The van der Waals surface area contributed by atoms with Crippen LogP contribution in [0.15, 0.2) is 42.7 Å². The molecular weight excluding hydrogens is 401 g/mol. The van der Waals surface area contributed by atoms with E-state index in [0.29, 0.717) is 36.8 Å². The summed E-state index contributed by atoms with van der Waals surface area (Å²) >= 11 is 0. The van der Waals surface area contributed by atoms with Gasteiger partial charge in [0.05, 0.1) is 6.61 Å². The minimum atomic E-state index is 0. The van der Waals surface area contributed by atoms with Crippen LogP contribution in [-0.4, -0.2) is 48.1 Å². The molecule has 8 heteroatoms. The van der Waals surface area contributed by atoms with Crippen molar-refractivity contribution in [1.82, 2.24) is 15.2 Å². The molecule has 0 aliphatic carbocycles. The van der Waals surface area contributed by atoms with Crippen LogP contribution in [0.4, 0.5) is 0 Å². The van der Waals surface area contributed by atoms with Crippen LogP contribution < -0.4 is 14.8 Å². The Kier molecular flexibility index (Phi) is 10.1. The molecule has 0 spiro atoms. The Morgan fingerprint density at radius 3 is 2.75 bits per heavy atom. The Bertz CT molecular complexity index is 747. The number of amides is 1. The van der Waals surface area contributed by atoms with Crippen molar-refractivity contribution in [3.8, 4) is 11.5 Å². The molecule has 1 aliphatic rings. The number of hydrogen-bond donors (Lipinski definition) is 1. The minimum absolute atomic E-state index is 0. The Morgan fingerprint density at radius 2 is 2.07 bits per heavy atom. The van der Waals surface area contributed by atoms with E-state index >= 15 is 0 Å². The molecule has 2 aromatic rings. The number of carbonyl (C=O) groups excluding carboxylic acids is 1. The molecule has 1 fully saturated rings. The maximum atomic E-state index is 12.9. The van der Waals surface area contributed by atoms with Crippen molar-refractivity contribution in [3.63, 3.8) is 0 Å². The van der Waals surface area contributed by atoms with Crippen molar-refractivity contribution in [1.29, 1.82) is 0 Å². The number of ether oxygens (including phenoxy) is 2. The summed E-state index contributed by atoms with van der Waals surface area (Å²) in [6.07, 6.45) is 3.50. The van der Waals surface area contributed by atoms with Crippen LogP contribution in [0, 0.1) is 0 Å². The second-order valence-electron chi connectivity index (χ2n) is 6.30. The number of piperazine rings is 1. The molecule has 1 atom stereocenters. The Hall–Kier alpha value is -2.02. The third-order valence-electron chi connectivity index (χ3n) is 4.37. The first-order valence-electron chi connectivity index (χ1n) is 8.99. The highest BCUT2D eigenvalue weighted by Crippen LogP contribution is 2.30. The molecule has 28 heavy (non-hydrogen) atoms. The van der Waals surface area contributed by atoms with Gasteiger partial charge in [0.1, 0.15) is 6.61 Å².